The molecule has 3 aliphatic rings. The van der Waals surface area contributed by atoms with Crippen LogP contribution >= 0.6 is 0 Å². The summed E-state index contributed by atoms with van der Waals surface area (Å²) in [6.07, 6.45) is 4.08. The van der Waals surface area contributed by atoms with Crippen LogP contribution in [0.5, 0.6) is 0 Å². The number of benzene rings is 2. The number of ether oxygens (including phenoxy) is 1. The molecular formula is C29H34O3. The Bertz CT molecular complexity index is 1080. The first kappa shape index (κ1) is 21.6. The van der Waals surface area contributed by atoms with E-state index in [0.717, 1.165) is 11.1 Å². The van der Waals surface area contributed by atoms with E-state index in [2.05, 4.69) is 58.9 Å². The standard InChI is InChI=1S/C29H34O3/c1-18-15-22-23(28(4,5)14-13-27(22,2)3)16-21(18)29(17-32-29)20-11-9-19(10-12-20)26-24(30)7-6-8-25(26)31/h9-12,15-16,26H,6-8,13-14,17H2,1-5H3. The molecule has 168 valence electrons. The van der Waals surface area contributed by atoms with Crippen LogP contribution in [0.15, 0.2) is 36.4 Å². The number of carbonyl (C=O) groups is 2. The number of aryl methyl sites for hydroxylation is 1. The molecule has 2 aromatic rings. The lowest BCUT2D eigenvalue weighted by Crippen LogP contribution is -2.34. The number of carbonyl (C=O) groups excluding carboxylic acids is 2. The zero-order valence-electron chi connectivity index (χ0n) is 20.0. The van der Waals surface area contributed by atoms with Crippen molar-refractivity contribution in [3.8, 4) is 0 Å². The summed E-state index contributed by atoms with van der Waals surface area (Å²) >= 11 is 0. The van der Waals surface area contributed by atoms with Gasteiger partial charge >= 0.3 is 0 Å². The summed E-state index contributed by atoms with van der Waals surface area (Å²) in [6, 6.07) is 12.8. The van der Waals surface area contributed by atoms with Crippen LogP contribution in [0.3, 0.4) is 0 Å². The van der Waals surface area contributed by atoms with E-state index < -0.39 is 11.5 Å². The Balaban J connectivity index is 1.54. The SMILES string of the molecule is Cc1cc2c(cc1C1(c3ccc(C4C(=O)CCCC4=O)cc3)CO1)C(C)(C)CCC2(C)C. The summed E-state index contributed by atoms with van der Waals surface area (Å²) in [7, 11) is 0. The van der Waals surface area contributed by atoms with Crippen LogP contribution in [-0.4, -0.2) is 18.2 Å². The lowest BCUT2D eigenvalue weighted by molar-refractivity contribution is -0.131. The van der Waals surface area contributed by atoms with E-state index in [-0.39, 0.29) is 22.4 Å². The Kier molecular flexibility index (Phi) is 4.80. The van der Waals surface area contributed by atoms with Gasteiger partial charge in [-0.1, -0.05) is 64.1 Å². The van der Waals surface area contributed by atoms with E-state index >= 15 is 0 Å². The van der Waals surface area contributed by atoms with Crippen LogP contribution in [0, 0.1) is 6.92 Å². The zero-order valence-corrected chi connectivity index (χ0v) is 20.0. The van der Waals surface area contributed by atoms with Crippen molar-refractivity contribution in [2.45, 2.75) is 89.1 Å². The quantitative estimate of drug-likeness (QED) is 0.442. The van der Waals surface area contributed by atoms with Crippen LogP contribution in [-0.2, 0) is 30.8 Å². The summed E-state index contributed by atoms with van der Waals surface area (Å²) in [5.41, 5.74) is 7.28. The highest BCUT2D eigenvalue weighted by atomic mass is 16.6. The Labute approximate surface area is 191 Å². The maximum atomic E-state index is 12.4. The highest BCUT2D eigenvalue weighted by molar-refractivity contribution is 6.09. The van der Waals surface area contributed by atoms with Gasteiger partial charge in [-0.15, -0.1) is 0 Å². The van der Waals surface area contributed by atoms with Gasteiger partial charge in [0.05, 0.1) is 6.61 Å². The van der Waals surface area contributed by atoms with E-state index in [4.69, 9.17) is 4.74 Å². The van der Waals surface area contributed by atoms with Crippen LogP contribution in [0.4, 0.5) is 0 Å². The molecule has 2 aromatic carbocycles. The van der Waals surface area contributed by atoms with Crippen molar-refractivity contribution in [2.24, 2.45) is 0 Å². The molecular weight excluding hydrogens is 396 g/mol. The normalized spacial score (nSPS) is 26.7. The third-order valence-corrected chi connectivity index (χ3v) is 8.27. The number of rotatable bonds is 3. The maximum Gasteiger partial charge on any atom is 0.147 e. The third-order valence-electron chi connectivity index (χ3n) is 8.27. The number of fused-ring (bicyclic) bond motifs is 1. The van der Waals surface area contributed by atoms with Crippen LogP contribution in [0.2, 0.25) is 0 Å². The van der Waals surface area contributed by atoms with E-state index in [1.807, 2.05) is 12.1 Å². The van der Waals surface area contributed by atoms with E-state index in [0.29, 0.717) is 25.9 Å². The molecule has 1 saturated carbocycles. The fourth-order valence-corrected chi connectivity index (χ4v) is 5.93. The number of epoxide rings is 1. The molecule has 2 fully saturated rings. The molecule has 0 radical (unpaired) electrons. The summed E-state index contributed by atoms with van der Waals surface area (Å²) in [6.45, 7) is 12.3. The predicted octanol–water partition coefficient (Wildman–Crippen LogP) is 6.02. The molecule has 1 aliphatic heterocycles. The van der Waals surface area contributed by atoms with Gasteiger partial charge in [0, 0.05) is 12.8 Å². The molecule has 3 heteroatoms. The minimum absolute atomic E-state index is 0.0572. The van der Waals surface area contributed by atoms with Gasteiger partial charge in [-0.05, 0) is 70.4 Å². The first-order valence-corrected chi connectivity index (χ1v) is 12.0. The molecule has 1 saturated heterocycles. The molecule has 0 N–H and O–H groups in total. The molecule has 0 amide bonds. The van der Waals surface area contributed by atoms with Crippen molar-refractivity contribution in [3.05, 3.63) is 69.8 Å². The van der Waals surface area contributed by atoms with Crippen molar-refractivity contribution in [1.82, 2.24) is 0 Å². The molecule has 0 bridgehead atoms. The van der Waals surface area contributed by atoms with E-state index in [1.54, 1.807) is 0 Å². The molecule has 5 rings (SSSR count). The number of ketones is 2. The summed E-state index contributed by atoms with van der Waals surface area (Å²) in [5, 5.41) is 0. The maximum absolute atomic E-state index is 12.4. The monoisotopic (exact) mass is 430 g/mol. The van der Waals surface area contributed by atoms with Gasteiger partial charge in [0.25, 0.3) is 0 Å². The molecule has 0 spiro atoms. The van der Waals surface area contributed by atoms with Crippen LogP contribution in [0.25, 0.3) is 0 Å². The van der Waals surface area contributed by atoms with Gasteiger partial charge in [0.2, 0.25) is 0 Å². The average Bonchev–Trinajstić information content (AvgIpc) is 3.53. The second kappa shape index (κ2) is 7.12. The first-order valence-electron chi connectivity index (χ1n) is 12.0. The summed E-state index contributed by atoms with van der Waals surface area (Å²) in [4.78, 5) is 24.7. The topological polar surface area (TPSA) is 46.7 Å². The van der Waals surface area contributed by atoms with Gasteiger partial charge in [-0.3, -0.25) is 9.59 Å². The Morgan fingerprint density at radius 2 is 1.34 bits per heavy atom. The first-order chi connectivity index (χ1) is 15.1. The molecule has 1 unspecified atom stereocenters. The number of Topliss-reactive ketones (excluding diaryl/α,β-unsaturated/α-hetero) is 2. The zero-order chi connectivity index (χ0) is 22.9. The van der Waals surface area contributed by atoms with Gasteiger partial charge in [0.1, 0.15) is 23.1 Å². The Morgan fingerprint density at radius 1 is 0.812 bits per heavy atom. The molecule has 1 atom stereocenters. The minimum atomic E-state index is -0.581. The van der Waals surface area contributed by atoms with Crippen LogP contribution in [0.1, 0.15) is 99.1 Å². The van der Waals surface area contributed by atoms with E-state index in [9.17, 15) is 9.59 Å². The van der Waals surface area contributed by atoms with Crippen molar-refractivity contribution in [2.75, 3.05) is 6.61 Å². The predicted molar refractivity (Wildman–Crippen MR) is 126 cm³/mol. The molecule has 3 nitrogen and oxygen atoms in total. The van der Waals surface area contributed by atoms with Crippen LogP contribution < -0.4 is 0 Å². The largest absolute Gasteiger partial charge is 0.359 e. The van der Waals surface area contributed by atoms with Gasteiger partial charge in [-0.2, -0.15) is 0 Å². The van der Waals surface area contributed by atoms with Gasteiger partial charge in [-0.25, -0.2) is 0 Å². The highest BCUT2D eigenvalue weighted by Crippen LogP contribution is 2.52. The third kappa shape index (κ3) is 3.28. The molecule has 32 heavy (non-hydrogen) atoms. The fourth-order valence-electron chi connectivity index (χ4n) is 5.93. The average molecular weight is 431 g/mol. The highest BCUT2D eigenvalue weighted by Gasteiger charge is 2.50. The van der Waals surface area contributed by atoms with Crippen molar-refractivity contribution < 1.29 is 14.3 Å². The lowest BCUT2D eigenvalue weighted by atomic mass is 9.62. The molecule has 1 heterocycles. The second-order valence-corrected chi connectivity index (χ2v) is 11.4. The minimum Gasteiger partial charge on any atom is -0.359 e. The number of hydrogen-bond donors (Lipinski definition) is 0. The summed E-state index contributed by atoms with van der Waals surface area (Å²) < 4.78 is 6.15. The van der Waals surface area contributed by atoms with E-state index in [1.165, 1.54) is 35.1 Å². The lowest BCUT2D eigenvalue weighted by Gasteiger charge is -2.42. The summed E-state index contributed by atoms with van der Waals surface area (Å²) in [5.74, 6) is -0.467. The molecule has 2 aliphatic carbocycles. The Hall–Kier alpha value is -2.26. The fraction of sp³-hybridized carbons (Fsp3) is 0.517. The van der Waals surface area contributed by atoms with Crippen molar-refractivity contribution >= 4 is 11.6 Å². The number of hydrogen-bond acceptors (Lipinski definition) is 3. The smallest absolute Gasteiger partial charge is 0.147 e. The second-order valence-electron chi connectivity index (χ2n) is 11.4. The van der Waals surface area contributed by atoms with Gasteiger partial charge in [0.15, 0.2) is 0 Å². The van der Waals surface area contributed by atoms with Crippen molar-refractivity contribution in [3.63, 3.8) is 0 Å². The van der Waals surface area contributed by atoms with Gasteiger partial charge < -0.3 is 4.74 Å². The molecule has 0 aromatic heterocycles. The van der Waals surface area contributed by atoms with Crippen molar-refractivity contribution in [1.29, 1.82) is 0 Å². The Morgan fingerprint density at radius 3 is 1.88 bits per heavy atom.